The van der Waals surface area contributed by atoms with Crippen LogP contribution in [0.1, 0.15) is 193 Å². The first-order chi connectivity index (χ1) is 35.1. The molecular weight excluding hydrogens is 870 g/mol. The van der Waals surface area contributed by atoms with E-state index in [-0.39, 0.29) is 23.1 Å². The summed E-state index contributed by atoms with van der Waals surface area (Å²) in [6.07, 6.45) is 30.1. The van der Waals surface area contributed by atoms with Gasteiger partial charge in [0, 0.05) is 50.9 Å². The number of anilines is 8. The van der Waals surface area contributed by atoms with Crippen LogP contribution in [0.5, 0.6) is 0 Å². The molecule has 3 heterocycles. The summed E-state index contributed by atoms with van der Waals surface area (Å²) in [5.74, 6) is 0. The molecule has 4 heteroatoms. The topological polar surface area (TPSA) is 9.72 Å². The Hall–Kier alpha value is -5.22. The zero-order valence-corrected chi connectivity index (χ0v) is 44.5. The van der Waals surface area contributed by atoms with Crippen LogP contribution in [-0.4, -0.2) is 12.3 Å². The Bertz CT molecular complexity index is 3010. The summed E-state index contributed by atoms with van der Waals surface area (Å²) in [7, 11) is 0. The molecule has 1 fully saturated rings. The zero-order valence-electron chi connectivity index (χ0n) is 44.5. The van der Waals surface area contributed by atoms with Crippen LogP contribution < -0.4 is 31.1 Å². The minimum atomic E-state index is -0.0813. The van der Waals surface area contributed by atoms with Crippen molar-refractivity contribution in [1.29, 1.82) is 0 Å². The van der Waals surface area contributed by atoms with E-state index in [1.807, 2.05) is 0 Å². The van der Waals surface area contributed by atoms with Gasteiger partial charge in [-0.15, -0.1) is 0 Å². The second kappa shape index (κ2) is 17.2. The average molecular weight is 948 g/mol. The molecule has 0 amide bonds. The third-order valence-electron chi connectivity index (χ3n) is 20.4. The Kier molecular flexibility index (Phi) is 10.8. The van der Waals surface area contributed by atoms with Crippen LogP contribution >= 0.6 is 0 Å². The lowest BCUT2D eigenvalue weighted by molar-refractivity contribution is 0.195. The van der Waals surface area contributed by atoms with Gasteiger partial charge in [-0.3, -0.25) is 0 Å². The highest BCUT2D eigenvalue weighted by atomic mass is 15.3. The van der Waals surface area contributed by atoms with Gasteiger partial charge in [0.05, 0.1) is 5.54 Å². The maximum absolute atomic E-state index is 2.91. The first-order valence-corrected chi connectivity index (χ1v) is 29.3. The molecule has 2 atom stereocenters. The standard InChI is InChI=1S/C68H78BN3/c1-66(2,3)53-30-33-60-57(42-53)67(4)34-18-19-35-68(67,5)72(60)56-43-63-65-64(44-56)71(55-32-29-46-21-11-7-13-23-48(46)37-55)62-41-52-27-17-9-15-25-50(52)39-59(62)69(65)58-38-49-24-14-8-16-26-51(49)40-61(58)70(63)54-31-28-45-20-10-6-12-22-47(45)36-54/h28-33,36-44H,6-27,34-35H2,1-5H3. The monoisotopic (exact) mass is 948 g/mol. The molecule has 6 aromatic rings. The molecule has 6 aromatic carbocycles. The highest BCUT2D eigenvalue weighted by molar-refractivity contribution is 7.00. The maximum Gasteiger partial charge on any atom is 0.252 e. The number of hydrogen-bond donors (Lipinski definition) is 0. The molecule has 368 valence electrons. The van der Waals surface area contributed by atoms with E-state index in [2.05, 4.69) is 140 Å². The van der Waals surface area contributed by atoms with Gasteiger partial charge in [-0.1, -0.05) is 103 Å². The highest BCUT2D eigenvalue weighted by Gasteiger charge is 2.58. The Balaban J connectivity index is 1.10. The molecule has 0 bridgehead atoms. The van der Waals surface area contributed by atoms with E-state index >= 15 is 0 Å². The fourth-order valence-electron chi connectivity index (χ4n) is 16.2. The number of aryl methyl sites for hydroxylation is 8. The van der Waals surface area contributed by atoms with Crippen LogP contribution in [0.25, 0.3) is 0 Å². The van der Waals surface area contributed by atoms with Gasteiger partial charge >= 0.3 is 0 Å². The normalized spacial score (nSPS) is 23.1. The Labute approximate surface area is 432 Å². The molecule has 5 aliphatic carbocycles. The van der Waals surface area contributed by atoms with Crippen LogP contribution in [0, 0.1) is 0 Å². The maximum atomic E-state index is 2.91. The fraction of sp³-hybridized carbons (Fsp3) is 0.471. The summed E-state index contributed by atoms with van der Waals surface area (Å²) < 4.78 is 0. The van der Waals surface area contributed by atoms with Gasteiger partial charge in [-0.25, -0.2) is 0 Å². The molecule has 0 radical (unpaired) electrons. The molecule has 3 nitrogen and oxygen atoms in total. The van der Waals surface area contributed by atoms with E-state index in [1.165, 1.54) is 222 Å². The van der Waals surface area contributed by atoms with E-state index in [4.69, 9.17) is 0 Å². The van der Waals surface area contributed by atoms with Gasteiger partial charge < -0.3 is 14.7 Å². The molecule has 2 unspecified atom stereocenters. The first kappa shape index (κ1) is 45.4. The molecule has 3 aliphatic heterocycles. The third kappa shape index (κ3) is 7.02. The van der Waals surface area contributed by atoms with Crippen LogP contribution in [0.3, 0.4) is 0 Å². The van der Waals surface area contributed by atoms with Crippen molar-refractivity contribution in [1.82, 2.24) is 0 Å². The third-order valence-corrected chi connectivity index (χ3v) is 20.4. The molecular formula is C68H78BN3. The largest absolute Gasteiger partial charge is 0.334 e. The summed E-state index contributed by atoms with van der Waals surface area (Å²) in [4.78, 5) is 8.54. The Morgan fingerprint density at radius 1 is 0.389 bits per heavy atom. The summed E-state index contributed by atoms with van der Waals surface area (Å²) in [6.45, 7) is 12.6. The lowest BCUT2D eigenvalue weighted by atomic mass is 9.33. The first-order valence-electron chi connectivity index (χ1n) is 29.3. The predicted molar refractivity (Wildman–Crippen MR) is 307 cm³/mol. The molecule has 0 N–H and O–H groups in total. The minimum Gasteiger partial charge on any atom is -0.334 e. The van der Waals surface area contributed by atoms with Crippen LogP contribution in [0.15, 0.2) is 91.0 Å². The van der Waals surface area contributed by atoms with Crippen molar-refractivity contribution in [3.63, 3.8) is 0 Å². The van der Waals surface area contributed by atoms with Gasteiger partial charge in [0.2, 0.25) is 0 Å². The minimum absolute atomic E-state index is 0.0270. The second-order valence-corrected chi connectivity index (χ2v) is 25.6. The van der Waals surface area contributed by atoms with Crippen molar-refractivity contribution in [3.8, 4) is 0 Å². The van der Waals surface area contributed by atoms with Gasteiger partial charge in [0.1, 0.15) is 0 Å². The van der Waals surface area contributed by atoms with E-state index in [0.29, 0.717) is 0 Å². The molecule has 1 saturated carbocycles. The van der Waals surface area contributed by atoms with Gasteiger partial charge in [0.25, 0.3) is 6.71 Å². The van der Waals surface area contributed by atoms with Crippen LogP contribution in [-0.2, 0) is 62.2 Å². The number of rotatable bonds is 3. The number of fused-ring (bicyclic) bond motifs is 11. The number of nitrogens with zero attached hydrogens (tertiary/aromatic N) is 3. The van der Waals surface area contributed by atoms with Gasteiger partial charge in [-0.05, 0) is 255 Å². The van der Waals surface area contributed by atoms with Crippen molar-refractivity contribution < 1.29 is 0 Å². The second-order valence-electron chi connectivity index (χ2n) is 25.6. The van der Waals surface area contributed by atoms with Crippen LogP contribution in [0.2, 0.25) is 0 Å². The number of hydrogen-bond acceptors (Lipinski definition) is 3. The molecule has 0 aromatic heterocycles. The summed E-state index contributed by atoms with van der Waals surface area (Å²) in [6, 6.07) is 39.5. The smallest absolute Gasteiger partial charge is 0.252 e. The molecule has 14 rings (SSSR count). The zero-order chi connectivity index (χ0) is 48.5. The SMILES string of the molecule is CC(C)(C)c1ccc2c(c1)C1(C)CCCCC1(C)N2c1cc2c3c(c1)N(c1ccc4c(c1)CCCCC4)c1cc4c(cc1B3c1cc3c(cc1N2c1ccc2c(c1)CCCCC2)CCCCC3)CCCCC4. The van der Waals surface area contributed by atoms with E-state index in [9.17, 15) is 0 Å². The molecule has 0 spiro atoms. The van der Waals surface area contributed by atoms with Crippen molar-refractivity contribution in [2.24, 2.45) is 0 Å². The lowest BCUT2D eigenvalue weighted by Crippen LogP contribution is -2.62. The Morgan fingerprint density at radius 2 is 0.833 bits per heavy atom. The Morgan fingerprint density at radius 3 is 1.32 bits per heavy atom. The number of benzene rings is 6. The quantitative estimate of drug-likeness (QED) is 0.129. The van der Waals surface area contributed by atoms with Crippen LogP contribution in [0.4, 0.5) is 45.5 Å². The van der Waals surface area contributed by atoms with Crippen molar-refractivity contribution in [3.05, 3.63) is 147 Å². The van der Waals surface area contributed by atoms with Crippen molar-refractivity contribution >= 4 is 68.6 Å². The molecule has 72 heavy (non-hydrogen) atoms. The summed E-state index contributed by atoms with van der Waals surface area (Å²) >= 11 is 0. The van der Waals surface area contributed by atoms with E-state index in [1.54, 1.807) is 50.1 Å². The summed E-state index contributed by atoms with van der Waals surface area (Å²) in [5, 5.41) is 0. The molecule has 0 saturated heterocycles. The van der Waals surface area contributed by atoms with Crippen molar-refractivity contribution in [2.75, 3.05) is 14.7 Å². The van der Waals surface area contributed by atoms with Gasteiger partial charge in [-0.2, -0.15) is 0 Å². The predicted octanol–water partition coefficient (Wildman–Crippen LogP) is 15.9. The van der Waals surface area contributed by atoms with Crippen molar-refractivity contribution in [2.45, 2.75) is 205 Å². The van der Waals surface area contributed by atoms with Gasteiger partial charge in [0.15, 0.2) is 0 Å². The van der Waals surface area contributed by atoms with E-state index in [0.717, 1.165) is 0 Å². The molecule has 8 aliphatic rings. The fourth-order valence-corrected chi connectivity index (χ4v) is 16.2. The summed E-state index contributed by atoms with van der Waals surface area (Å²) in [5.41, 5.74) is 31.4. The average Bonchev–Trinajstić information content (AvgIpc) is 3.88. The van der Waals surface area contributed by atoms with E-state index < -0.39 is 0 Å². The lowest BCUT2D eigenvalue weighted by Gasteiger charge is -2.51. The highest BCUT2D eigenvalue weighted by Crippen LogP contribution is 2.62.